The summed E-state index contributed by atoms with van der Waals surface area (Å²) >= 11 is 0. The number of rotatable bonds is 2. The smallest absolute Gasteiger partial charge is 0.187 e. The van der Waals surface area contributed by atoms with E-state index in [0.717, 1.165) is 16.5 Å². The number of methoxy groups -OCH3 is 1. The Balaban J connectivity index is 2.09. The van der Waals surface area contributed by atoms with Crippen molar-refractivity contribution in [3.05, 3.63) is 72.5 Å². The van der Waals surface area contributed by atoms with Gasteiger partial charge in [-0.05, 0) is 36.4 Å². The minimum atomic E-state index is -0.186. The summed E-state index contributed by atoms with van der Waals surface area (Å²) in [5.74, 6) is 0.660. The first-order chi connectivity index (χ1) is 10.8. The Morgan fingerprint density at radius 3 is 2.32 bits per heavy atom. The van der Waals surface area contributed by atoms with Crippen LogP contribution >= 0.6 is 10.5 Å². The molecular formula is C19H14FOS+. The maximum atomic E-state index is 13.7. The molecule has 1 nitrogen and oxygen atoms in total. The lowest BCUT2D eigenvalue weighted by atomic mass is 10.1. The first-order valence-electron chi connectivity index (χ1n) is 7.05. The Bertz CT molecular complexity index is 970. The molecule has 1 unspecified atom stereocenters. The highest BCUT2D eigenvalue weighted by atomic mass is 32.2. The van der Waals surface area contributed by atoms with Crippen LogP contribution in [0.15, 0.2) is 66.7 Å². The van der Waals surface area contributed by atoms with Gasteiger partial charge in [-0.25, -0.2) is 4.39 Å². The molecule has 0 N–H and O–H groups in total. The van der Waals surface area contributed by atoms with E-state index in [-0.39, 0.29) is 16.3 Å². The van der Waals surface area contributed by atoms with Crippen molar-refractivity contribution in [2.75, 3.05) is 7.11 Å². The van der Waals surface area contributed by atoms with Gasteiger partial charge in [-0.15, -0.1) is 0 Å². The highest BCUT2D eigenvalue weighted by molar-refractivity contribution is 7.50. The van der Waals surface area contributed by atoms with Gasteiger partial charge in [-0.1, -0.05) is 12.1 Å². The van der Waals surface area contributed by atoms with E-state index in [9.17, 15) is 4.39 Å². The van der Waals surface area contributed by atoms with Crippen molar-refractivity contribution in [3.63, 3.8) is 0 Å². The zero-order chi connectivity index (χ0) is 15.1. The fraction of sp³-hybridized carbons (Fsp3) is 0.0526. The molecule has 0 amide bonds. The summed E-state index contributed by atoms with van der Waals surface area (Å²) in [6.07, 6.45) is 0. The third-order valence-corrected chi connectivity index (χ3v) is 6.19. The predicted molar refractivity (Wildman–Crippen MR) is 91.8 cm³/mol. The van der Waals surface area contributed by atoms with E-state index in [1.807, 2.05) is 30.3 Å². The number of fused-ring (bicyclic) bond motifs is 3. The third kappa shape index (κ3) is 1.97. The summed E-state index contributed by atoms with van der Waals surface area (Å²) < 4.78 is 21.4. The second-order valence-electron chi connectivity index (χ2n) is 5.12. The molecule has 0 aliphatic rings. The molecule has 0 spiro atoms. The summed E-state index contributed by atoms with van der Waals surface area (Å²) in [6, 6.07) is 21.5. The molecule has 108 valence electrons. The Hall–Kier alpha value is -2.39. The molecule has 3 aromatic carbocycles. The van der Waals surface area contributed by atoms with Crippen LogP contribution in [0.2, 0.25) is 0 Å². The number of ether oxygens (including phenoxy) is 1. The van der Waals surface area contributed by atoms with Crippen LogP contribution < -0.4 is 4.74 Å². The lowest BCUT2D eigenvalue weighted by Gasteiger charge is -1.98. The summed E-state index contributed by atoms with van der Waals surface area (Å²) in [6.45, 7) is 0. The number of benzene rings is 3. The third-order valence-electron chi connectivity index (χ3n) is 3.85. The molecule has 0 fully saturated rings. The molecule has 1 aromatic heterocycles. The Kier molecular flexibility index (Phi) is 3.09. The summed E-state index contributed by atoms with van der Waals surface area (Å²) in [5.41, 5.74) is 0. The molecule has 0 saturated heterocycles. The van der Waals surface area contributed by atoms with E-state index in [0.29, 0.717) is 0 Å². The van der Waals surface area contributed by atoms with Crippen LogP contribution in [-0.4, -0.2) is 7.11 Å². The van der Waals surface area contributed by atoms with Crippen molar-refractivity contribution in [2.45, 2.75) is 0 Å². The molecule has 0 aliphatic heterocycles. The molecule has 3 heteroatoms. The Labute approximate surface area is 130 Å². The van der Waals surface area contributed by atoms with Crippen LogP contribution in [0.25, 0.3) is 25.1 Å². The molecular weight excluding hydrogens is 295 g/mol. The van der Waals surface area contributed by atoms with Crippen LogP contribution in [0.3, 0.4) is 0 Å². The number of hydrogen-bond acceptors (Lipinski definition) is 1. The lowest BCUT2D eigenvalue weighted by molar-refractivity contribution is 0.415. The largest absolute Gasteiger partial charge is 0.497 e. The zero-order valence-electron chi connectivity index (χ0n) is 12.0. The molecule has 4 aromatic rings. The van der Waals surface area contributed by atoms with E-state index >= 15 is 0 Å². The van der Waals surface area contributed by atoms with Gasteiger partial charge in [0.1, 0.15) is 11.6 Å². The average Bonchev–Trinajstić information content (AvgIpc) is 2.89. The molecule has 22 heavy (non-hydrogen) atoms. The van der Waals surface area contributed by atoms with Crippen molar-refractivity contribution < 1.29 is 9.13 Å². The molecule has 0 aliphatic carbocycles. The van der Waals surface area contributed by atoms with Crippen molar-refractivity contribution >= 4 is 30.6 Å². The maximum absolute atomic E-state index is 13.7. The standard InChI is InChI=1S/C19H14FOS/c1-21-14-7-9-15(10-8-14)22-18-5-3-2-4-16(18)17-12-13(20)6-11-19(17)22/h2-12H,1H3/q+1. The van der Waals surface area contributed by atoms with Crippen LogP contribution in [0.4, 0.5) is 4.39 Å². The minimum Gasteiger partial charge on any atom is -0.497 e. The number of thiophene rings is 1. The molecule has 4 rings (SSSR count). The van der Waals surface area contributed by atoms with Crippen LogP contribution in [-0.2, 0) is 0 Å². The SMILES string of the molecule is COc1ccc(-[s+]2c3ccccc3c3cc(F)ccc32)cc1. The van der Waals surface area contributed by atoms with Crippen LogP contribution in [0, 0.1) is 5.82 Å². The normalized spacial score (nSPS) is 12.0. The number of hydrogen-bond donors (Lipinski definition) is 0. The van der Waals surface area contributed by atoms with Crippen molar-refractivity contribution in [1.29, 1.82) is 0 Å². The van der Waals surface area contributed by atoms with Crippen LogP contribution in [0.5, 0.6) is 5.75 Å². The molecule has 1 atom stereocenters. The van der Waals surface area contributed by atoms with E-state index < -0.39 is 0 Å². The highest BCUT2D eigenvalue weighted by Crippen LogP contribution is 2.48. The first kappa shape index (κ1) is 13.3. The van der Waals surface area contributed by atoms with Gasteiger partial charge in [0.15, 0.2) is 14.3 Å². The summed E-state index contributed by atoms with van der Waals surface area (Å²) in [5, 5.41) is 2.14. The Morgan fingerprint density at radius 1 is 0.818 bits per heavy atom. The minimum absolute atomic E-state index is 0.181. The van der Waals surface area contributed by atoms with Crippen LogP contribution in [0.1, 0.15) is 0 Å². The topological polar surface area (TPSA) is 9.23 Å². The fourth-order valence-corrected chi connectivity index (χ4v) is 5.20. The van der Waals surface area contributed by atoms with Crippen molar-refractivity contribution in [2.24, 2.45) is 0 Å². The van der Waals surface area contributed by atoms with Gasteiger partial charge in [0.05, 0.1) is 12.5 Å². The first-order valence-corrected chi connectivity index (χ1v) is 8.28. The van der Waals surface area contributed by atoms with E-state index in [1.165, 1.54) is 14.3 Å². The van der Waals surface area contributed by atoms with Gasteiger partial charge >= 0.3 is 0 Å². The summed E-state index contributed by atoms with van der Waals surface area (Å²) in [7, 11) is 1.49. The summed E-state index contributed by atoms with van der Waals surface area (Å²) in [4.78, 5) is 1.22. The molecule has 0 bridgehead atoms. The molecule has 1 heterocycles. The quantitative estimate of drug-likeness (QED) is 0.420. The van der Waals surface area contributed by atoms with Gasteiger partial charge in [-0.2, -0.15) is 0 Å². The Morgan fingerprint density at radius 2 is 1.55 bits per heavy atom. The molecule has 0 saturated carbocycles. The maximum Gasteiger partial charge on any atom is 0.187 e. The van der Waals surface area contributed by atoms with Crippen molar-refractivity contribution in [3.8, 4) is 10.6 Å². The highest BCUT2D eigenvalue weighted by Gasteiger charge is 2.23. The molecule has 0 radical (unpaired) electrons. The second-order valence-corrected chi connectivity index (χ2v) is 7.08. The monoisotopic (exact) mass is 309 g/mol. The van der Waals surface area contributed by atoms with E-state index in [4.69, 9.17) is 4.74 Å². The van der Waals surface area contributed by atoms with Gasteiger partial charge in [0, 0.05) is 34.1 Å². The van der Waals surface area contributed by atoms with Gasteiger partial charge in [-0.3, -0.25) is 0 Å². The zero-order valence-corrected chi connectivity index (χ0v) is 12.9. The average molecular weight is 309 g/mol. The fourth-order valence-electron chi connectivity index (χ4n) is 2.84. The van der Waals surface area contributed by atoms with Gasteiger partial charge in [0.25, 0.3) is 0 Å². The van der Waals surface area contributed by atoms with Gasteiger partial charge < -0.3 is 4.74 Å². The number of halogens is 1. The lowest BCUT2D eigenvalue weighted by Crippen LogP contribution is -1.80. The van der Waals surface area contributed by atoms with E-state index in [1.54, 1.807) is 19.2 Å². The van der Waals surface area contributed by atoms with Crippen molar-refractivity contribution in [1.82, 2.24) is 0 Å². The predicted octanol–water partition coefficient (Wildman–Crippen LogP) is 5.88. The van der Waals surface area contributed by atoms with Gasteiger partial charge in [0.2, 0.25) is 0 Å². The van der Waals surface area contributed by atoms with E-state index in [2.05, 4.69) is 24.3 Å². The second kappa shape index (κ2) is 5.11.